The van der Waals surface area contributed by atoms with E-state index in [1.165, 1.54) is 0 Å². The predicted octanol–water partition coefficient (Wildman–Crippen LogP) is 2.29. The second kappa shape index (κ2) is 3.85. The molecule has 0 bridgehead atoms. The maximum Gasteiger partial charge on any atom is 0.191 e. The summed E-state index contributed by atoms with van der Waals surface area (Å²) in [5, 5.41) is 0. The minimum atomic E-state index is -1.20. The van der Waals surface area contributed by atoms with Crippen LogP contribution in [-0.2, 0) is 4.12 Å². The zero-order valence-electron chi connectivity index (χ0n) is 7.91. The molecular weight excluding hydrogens is 172 g/mol. The third kappa shape index (κ3) is 3.70. The Morgan fingerprint density at radius 2 is 1.40 bits per heavy atom. The van der Waals surface area contributed by atoms with Crippen LogP contribution in [0.2, 0.25) is 39.3 Å². The van der Waals surface area contributed by atoms with E-state index in [1.54, 1.807) is 0 Å². The fraction of sp³-hybridized carbons (Fsp3) is 1.00. The minimum Gasteiger partial charge on any atom is -0.458 e. The van der Waals surface area contributed by atoms with Gasteiger partial charge in [-0.3, -0.25) is 0 Å². The van der Waals surface area contributed by atoms with Crippen LogP contribution in [0.3, 0.4) is 0 Å². The van der Waals surface area contributed by atoms with E-state index in [0.29, 0.717) is 0 Å². The molecule has 0 saturated carbocycles. The Hall–Kier alpha value is 0.611. The summed E-state index contributed by atoms with van der Waals surface area (Å²) < 4.78 is 5.99. The molecule has 10 heavy (non-hydrogen) atoms. The van der Waals surface area contributed by atoms with Crippen molar-refractivity contribution in [1.82, 2.24) is 0 Å². The first-order chi connectivity index (χ1) is 4.36. The molecule has 60 valence electrons. The molecule has 0 N–H and O–H groups in total. The van der Waals surface area contributed by atoms with E-state index in [2.05, 4.69) is 39.3 Å². The Balaban J connectivity index is 3.87. The molecule has 0 aliphatic carbocycles. The highest BCUT2D eigenvalue weighted by Crippen LogP contribution is 2.10. The minimum absolute atomic E-state index is 0.164. The topological polar surface area (TPSA) is 9.23 Å². The van der Waals surface area contributed by atoms with Gasteiger partial charge in [0.1, 0.15) is 0 Å². The zero-order chi connectivity index (χ0) is 8.36. The van der Waals surface area contributed by atoms with Crippen LogP contribution >= 0.6 is 0 Å². The van der Waals surface area contributed by atoms with Gasteiger partial charge in [0.15, 0.2) is 16.9 Å². The van der Waals surface area contributed by atoms with Crippen molar-refractivity contribution in [2.75, 3.05) is 0 Å². The van der Waals surface area contributed by atoms with Crippen molar-refractivity contribution >= 4 is 25.2 Å². The van der Waals surface area contributed by atoms with E-state index < -0.39 is 16.9 Å². The fourth-order valence-electron chi connectivity index (χ4n) is 0.612. The molecule has 0 rings (SSSR count). The Kier molecular flexibility index (Phi) is 4.08. The van der Waals surface area contributed by atoms with Gasteiger partial charge >= 0.3 is 0 Å². The normalized spacial score (nSPS) is 13.2. The molecule has 2 radical (unpaired) electrons. The SMILES string of the molecule is C[Si](C)O[Si](C)(C)[Si](C)C. The van der Waals surface area contributed by atoms with Crippen molar-refractivity contribution in [2.45, 2.75) is 39.3 Å². The van der Waals surface area contributed by atoms with Gasteiger partial charge < -0.3 is 4.12 Å². The molecule has 0 aromatic heterocycles. The summed E-state index contributed by atoms with van der Waals surface area (Å²) in [6, 6.07) is 0. The van der Waals surface area contributed by atoms with Gasteiger partial charge in [0.05, 0.1) is 8.31 Å². The fourth-order valence-corrected chi connectivity index (χ4v) is 9.19. The van der Waals surface area contributed by atoms with Crippen LogP contribution in [0.4, 0.5) is 0 Å². The number of rotatable bonds is 3. The maximum absolute atomic E-state index is 5.99. The standard InChI is InChI=1S/C6H18OSi3/c1-8(2)7-10(5,6)9(3)4/h1-6H3. The molecule has 0 aliphatic rings. The third-order valence-electron chi connectivity index (χ3n) is 1.66. The first-order valence-electron chi connectivity index (χ1n) is 3.66. The Morgan fingerprint density at radius 3 is 1.50 bits per heavy atom. The summed E-state index contributed by atoms with van der Waals surface area (Å²) in [7, 11) is -1.81. The van der Waals surface area contributed by atoms with E-state index in [4.69, 9.17) is 4.12 Å². The first-order valence-corrected chi connectivity index (χ1v) is 12.5. The van der Waals surface area contributed by atoms with Crippen LogP contribution in [0.1, 0.15) is 0 Å². The van der Waals surface area contributed by atoms with Gasteiger partial charge in [-0.2, -0.15) is 0 Å². The largest absolute Gasteiger partial charge is 0.458 e. The molecule has 0 heterocycles. The summed E-state index contributed by atoms with van der Waals surface area (Å²) in [4.78, 5) is 0. The second-order valence-corrected chi connectivity index (χ2v) is 17.8. The lowest BCUT2D eigenvalue weighted by atomic mass is 11.9. The summed E-state index contributed by atoms with van der Waals surface area (Å²) in [6.45, 7) is 13.9. The van der Waals surface area contributed by atoms with E-state index >= 15 is 0 Å². The average molecular weight is 190 g/mol. The van der Waals surface area contributed by atoms with Gasteiger partial charge in [0, 0.05) is 0 Å². The Bertz CT molecular complexity index is 101. The number of hydrogen-bond donors (Lipinski definition) is 0. The van der Waals surface area contributed by atoms with Crippen LogP contribution < -0.4 is 0 Å². The number of hydrogen-bond acceptors (Lipinski definition) is 1. The molecular formula is C6H18OSi3. The summed E-state index contributed by atoms with van der Waals surface area (Å²) in [5.74, 6) is 0. The molecule has 1 nitrogen and oxygen atoms in total. The van der Waals surface area contributed by atoms with Gasteiger partial charge in [0.25, 0.3) is 0 Å². The summed E-state index contributed by atoms with van der Waals surface area (Å²) >= 11 is 0. The molecule has 0 saturated heterocycles. The molecule has 0 aromatic carbocycles. The lowest BCUT2D eigenvalue weighted by molar-refractivity contribution is 0.596. The average Bonchev–Trinajstić information content (AvgIpc) is 1.60. The Labute approximate surface area is 69.0 Å². The van der Waals surface area contributed by atoms with E-state index in [0.717, 1.165) is 0 Å². The van der Waals surface area contributed by atoms with Crippen molar-refractivity contribution in [3.8, 4) is 0 Å². The van der Waals surface area contributed by atoms with E-state index in [1.807, 2.05) is 0 Å². The molecule has 0 spiro atoms. The van der Waals surface area contributed by atoms with Crippen LogP contribution in [0.5, 0.6) is 0 Å². The molecule has 0 fully saturated rings. The van der Waals surface area contributed by atoms with Crippen LogP contribution in [0, 0.1) is 0 Å². The maximum atomic E-state index is 5.99. The lowest BCUT2D eigenvalue weighted by Gasteiger charge is -2.28. The van der Waals surface area contributed by atoms with Crippen molar-refractivity contribution in [3.05, 3.63) is 0 Å². The smallest absolute Gasteiger partial charge is 0.191 e. The van der Waals surface area contributed by atoms with Crippen molar-refractivity contribution < 1.29 is 4.12 Å². The molecule has 0 aromatic rings. The van der Waals surface area contributed by atoms with Gasteiger partial charge in [-0.05, 0) is 26.2 Å². The molecule has 0 aliphatic heterocycles. The van der Waals surface area contributed by atoms with Crippen molar-refractivity contribution in [2.24, 2.45) is 0 Å². The molecule has 0 unspecified atom stereocenters. The molecule has 0 amide bonds. The zero-order valence-corrected chi connectivity index (χ0v) is 10.9. The summed E-state index contributed by atoms with van der Waals surface area (Å²) in [5.41, 5.74) is 0. The predicted molar refractivity (Wildman–Crippen MR) is 53.5 cm³/mol. The van der Waals surface area contributed by atoms with Crippen molar-refractivity contribution in [1.29, 1.82) is 0 Å². The highest BCUT2D eigenvalue weighted by molar-refractivity contribution is 7.29. The Morgan fingerprint density at radius 1 is 1.00 bits per heavy atom. The molecule has 4 heteroatoms. The van der Waals surface area contributed by atoms with Crippen molar-refractivity contribution in [3.63, 3.8) is 0 Å². The highest BCUT2D eigenvalue weighted by Gasteiger charge is 2.28. The lowest BCUT2D eigenvalue weighted by Crippen LogP contribution is -2.47. The molecule has 0 atom stereocenters. The monoisotopic (exact) mass is 190 g/mol. The van der Waals surface area contributed by atoms with Gasteiger partial charge in [-0.15, -0.1) is 0 Å². The van der Waals surface area contributed by atoms with Gasteiger partial charge in [-0.1, -0.05) is 13.1 Å². The van der Waals surface area contributed by atoms with Gasteiger partial charge in [-0.25, -0.2) is 0 Å². The first kappa shape index (κ1) is 10.6. The third-order valence-corrected chi connectivity index (χ3v) is 15.9. The van der Waals surface area contributed by atoms with E-state index in [9.17, 15) is 0 Å². The van der Waals surface area contributed by atoms with Crippen LogP contribution in [0.15, 0.2) is 0 Å². The second-order valence-electron chi connectivity index (χ2n) is 3.52. The van der Waals surface area contributed by atoms with Gasteiger partial charge in [0.2, 0.25) is 0 Å². The highest BCUT2D eigenvalue weighted by atomic mass is 29.2. The quantitative estimate of drug-likeness (QED) is 0.621. The van der Waals surface area contributed by atoms with Crippen LogP contribution in [0.25, 0.3) is 0 Å². The summed E-state index contributed by atoms with van der Waals surface area (Å²) in [6.07, 6.45) is 0. The van der Waals surface area contributed by atoms with E-state index in [-0.39, 0.29) is 8.31 Å². The van der Waals surface area contributed by atoms with Crippen LogP contribution in [-0.4, -0.2) is 25.2 Å².